The Bertz CT molecular complexity index is 652. The molecule has 1 aliphatic carbocycles. The van der Waals surface area contributed by atoms with Crippen molar-refractivity contribution in [2.24, 2.45) is 11.8 Å². The van der Waals surface area contributed by atoms with Gasteiger partial charge < -0.3 is 0 Å². The zero-order chi connectivity index (χ0) is 16.3. The predicted molar refractivity (Wildman–Crippen MR) is 99.5 cm³/mol. The van der Waals surface area contributed by atoms with Crippen LogP contribution in [0.5, 0.6) is 0 Å². The summed E-state index contributed by atoms with van der Waals surface area (Å²) in [6.45, 7) is 7.03. The maximum absolute atomic E-state index is 2.40. The molecule has 0 radical (unpaired) electrons. The average molecular weight is 302 g/mol. The second kappa shape index (κ2) is 6.58. The minimum absolute atomic E-state index is 0.0369. The number of rotatable bonds is 5. The predicted octanol–water partition coefficient (Wildman–Crippen LogP) is 6.15. The van der Waals surface area contributed by atoms with E-state index in [-0.39, 0.29) is 5.41 Å². The SMILES string of the molecule is CCC(C)C1=CC=CC1C(C)(c1ccccc1)c1ccccc1. The molecule has 0 nitrogen and oxygen atoms in total. The zero-order valence-electron chi connectivity index (χ0n) is 14.4. The number of benzene rings is 2. The van der Waals surface area contributed by atoms with Crippen LogP contribution in [0.1, 0.15) is 38.3 Å². The third-order valence-electron chi connectivity index (χ3n) is 5.50. The van der Waals surface area contributed by atoms with Gasteiger partial charge in [-0.05, 0) is 23.5 Å². The fourth-order valence-electron chi connectivity index (χ4n) is 3.82. The van der Waals surface area contributed by atoms with E-state index in [1.807, 2.05) is 0 Å². The van der Waals surface area contributed by atoms with Crippen molar-refractivity contribution >= 4 is 0 Å². The average Bonchev–Trinajstić information content (AvgIpc) is 3.12. The summed E-state index contributed by atoms with van der Waals surface area (Å²) >= 11 is 0. The van der Waals surface area contributed by atoms with Crippen LogP contribution in [0.15, 0.2) is 84.5 Å². The zero-order valence-corrected chi connectivity index (χ0v) is 14.4. The Labute approximate surface area is 140 Å². The topological polar surface area (TPSA) is 0 Å². The Morgan fingerprint density at radius 3 is 1.91 bits per heavy atom. The van der Waals surface area contributed by atoms with E-state index in [1.165, 1.54) is 17.5 Å². The van der Waals surface area contributed by atoms with E-state index in [0.717, 1.165) is 0 Å². The lowest BCUT2D eigenvalue weighted by Crippen LogP contribution is -2.34. The molecule has 0 aliphatic heterocycles. The van der Waals surface area contributed by atoms with E-state index in [0.29, 0.717) is 11.8 Å². The summed E-state index contributed by atoms with van der Waals surface area (Å²) in [6.07, 6.45) is 8.16. The van der Waals surface area contributed by atoms with Gasteiger partial charge in [0.25, 0.3) is 0 Å². The van der Waals surface area contributed by atoms with Gasteiger partial charge in [0, 0.05) is 11.3 Å². The van der Waals surface area contributed by atoms with Gasteiger partial charge in [-0.2, -0.15) is 0 Å². The van der Waals surface area contributed by atoms with Gasteiger partial charge in [-0.25, -0.2) is 0 Å². The van der Waals surface area contributed by atoms with Crippen molar-refractivity contribution in [2.75, 3.05) is 0 Å². The second-order valence-electron chi connectivity index (χ2n) is 6.77. The first kappa shape index (κ1) is 15.8. The quantitative estimate of drug-likeness (QED) is 0.621. The molecule has 3 rings (SSSR count). The van der Waals surface area contributed by atoms with Crippen LogP contribution in [0.3, 0.4) is 0 Å². The van der Waals surface area contributed by atoms with Crippen molar-refractivity contribution in [3.8, 4) is 0 Å². The van der Waals surface area contributed by atoms with Crippen molar-refractivity contribution < 1.29 is 0 Å². The minimum atomic E-state index is -0.0369. The molecule has 0 fully saturated rings. The number of hydrogen-bond donors (Lipinski definition) is 0. The van der Waals surface area contributed by atoms with Gasteiger partial charge in [-0.15, -0.1) is 0 Å². The van der Waals surface area contributed by atoms with Crippen LogP contribution in [0.4, 0.5) is 0 Å². The van der Waals surface area contributed by atoms with Crippen molar-refractivity contribution in [3.05, 3.63) is 95.6 Å². The fraction of sp³-hybridized carbons (Fsp3) is 0.304. The third kappa shape index (κ3) is 2.79. The first-order valence-corrected chi connectivity index (χ1v) is 8.67. The van der Waals surface area contributed by atoms with Crippen molar-refractivity contribution in [1.82, 2.24) is 0 Å². The first-order valence-electron chi connectivity index (χ1n) is 8.67. The monoisotopic (exact) mass is 302 g/mol. The summed E-state index contributed by atoms with van der Waals surface area (Å²) in [4.78, 5) is 0. The van der Waals surface area contributed by atoms with Crippen LogP contribution >= 0.6 is 0 Å². The maximum atomic E-state index is 2.40. The summed E-state index contributed by atoms with van der Waals surface area (Å²) in [5, 5.41) is 0. The summed E-state index contributed by atoms with van der Waals surface area (Å²) in [5.74, 6) is 1.03. The molecule has 0 heterocycles. The molecule has 0 saturated heterocycles. The van der Waals surface area contributed by atoms with E-state index < -0.39 is 0 Å². The molecule has 1 aliphatic rings. The van der Waals surface area contributed by atoms with E-state index in [9.17, 15) is 0 Å². The van der Waals surface area contributed by atoms with Gasteiger partial charge >= 0.3 is 0 Å². The molecule has 0 heteroatoms. The molecule has 0 spiro atoms. The third-order valence-corrected chi connectivity index (χ3v) is 5.50. The van der Waals surface area contributed by atoms with Gasteiger partial charge in [0.05, 0.1) is 0 Å². The highest BCUT2D eigenvalue weighted by molar-refractivity contribution is 5.47. The lowest BCUT2D eigenvalue weighted by molar-refractivity contribution is 0.429. The molecule has 0 N–H and O–H groups in total. The molecule has 2 aromatic carbocycles. The highest BCUT2D eigenvalue weighted by atomic mass is 14.4. The molecular weight excluding hydrogens is 276 g/mol. The van der Waals surface area contributed by atoms with Crippen LogP contribution < -0.4 is 0 Å². The van der Waals surface area contributed by atoms with Gasteiger partial charge in [0.2, 0.25) is 0 Å². The highest BCUT2D eigenvalue weighted by Crippen LogP contribution is 2.47. The molecule has 2 unspecified atom stereocenters. The molecule has 0 amide bonds. The Morgan fingerprint density at radius 2 is 1.43 bits per heavy atom. The Morgan fingerprint density at radius 1 is 0.913 bits per heavy atom. The normalized spacial score (nSPS) is 18.7. The molecule has 118 valence electrons. The summed E-state index contributed by atoms with van der Waals surface area (Å²) < 4.78 is 0. The van der Waals surface area contributed by atoms with Gasteiger partial charge in [0.1, 0.15) is 0 Å². The largest absolute Gasteiger partial charge is 0.0761 e. The van der Waals surface area contributed by atoms with Crippen LogP contribution in [0, 0.1) is 11.8 Å². The van der Waals surface area contributed by atoms with E-state index in [4.69, 9.17) is 0 Å². The molecule has 2 aromatic rings. The smallest absolute Gasteiger partial charge is 0.0274 e. The maximum Gasteiger partial charge on any atom is 0.0274 e. The summed E-state index contributed by atoms with van der Waals surface area (Å²) in [7, 11) is 0. The molecule has 0 aromatic heterocycles. The van der Waals surface area contributed by atoms with Gasteiger partial charge in [-0.1, -0.05) is 105 Å². The van der Waals surface area contributed by atoms with Crippen LogP contribution in [-0.4, -0.2) is 0 Å². The van der Waals surface area contributed by atoms with Gasteiger partial charge in [0.15, 0.2) is 0 Å². The van der Waals surface area contributed by atoms with Crippen molar-refractivity contribution in [3.63, 3.8) is 0 Å². The molecular formula is C23H26. The Kier molecular flexibility index (Phi) is 4.52. The number of allylic oxidation sites excluding steroid dienone is 4. The van der Waals surface area contributed by atoms with E-state index in [2.05, 4.69) is 99.7 Å². The highest BCUT2D eigenvalue weighted by Gasteiger charge is 2.40. The molecule has 0 bridgehead atoms. The van der Waals surface area contributed by atoms with Crippen LogP contribution in [0.2, 0.25) is 0 Å². The van der Waals surface area contributed by atoms with Crippen LogP contribution in [-0.2, 0) is 5.41 Å². The number of hydrogen-bond acceptors (Lipinski definition) is 0. The van der Waals surface area contributed by atoms with Crippen molar-refractivity contribution in [1.29, 1.82) is 0 Å². The minimum Gasteiger partial charge on any atom is -0.0761 e. The summed E-state index contributed by atoms with van der Waals surface area (Å²) in [6, 6.07) is 21.9. The van der Waals surface area contributed by atoms with Crippen molar-refractivity contribution in [2.45, 2.75) is 32.6 Å². The van der Waals surface area contributed by atoms with E-state index >= 15 is 0 Å². The Balaban J connectivity index is 2.14. The molecule has 23 heavy (non-hydrogen) atoms. The van der Waals surface area contributed by atoms with E-state index in [1.54, 1.807) is 5.57 Å². The first-order chi connectivity index (χ1) is 11.2. The van der Waals surface area contributed by atoms with Gasteiger partial charge in [-0.3, -0.25) is 0 Å². The molecule has 2 atom stereocenters. The lowest BCUT2D eigenvalue weighted by Gasteiger charge is -2.39. The fourth-order valence-corrected chi connectivity index (χ4v) is 3.82. The Hall–Kier alpha value is -2.08. The lowest BCUT2D eigenvalue weighted by atomic mass is 9.64. The molecule has 0 saturated carbocycles. The van der Waals surface area contributed by atoms with Crippen LogP contribution in [0.25, 0.3) is 0 Å². The standard InChI is InChI=1S/C23H26/c1-4-18(2)21-16-11-17-22(21)23(3,19-12-7-5-8-13-19)20-14-9-6-10-15-20/h5-18,22H,4H2,1-3H3. The second-order valence-corrected chi connectivity index (χ2v) is 6.77. The summed E-state index contributed by atoms with van der Waals surface area (Å²) in [5.41, 5.74) is 4.29.